The number of hydrogen-bond acceptors (Lipinski definition) is 3. The Labute approximate surface area is 117 Å². The average molecular weight is 314 g/mol. The third-order valence-corrected chi connectivity index (χ3v) is 4.35. The van der Waals surface area contributed by atoms with Gasteiger partial charge < -0.3 is 15.2 Å². The monoisotopic (exact) mass is 313 g/mol. The molecule has 3 nitrogen and oxygen atoms in total. The Balaban J connectivity index is 1.88. The molecule has 1 aromatic carbocycles. The second-order valence-corrected chi connectivity index (χ2v) is 5.92. The van der Waals surface area contributed by atoms with Crippen molar-refractivity contribution in [3.05, 3.63) is 33.8 Å². The molecule has 0 radical (unpaired) electrons. The minimum atomic E-state index is -0.725. The van der Waals surface area contributed by atoms with E-state index < -0.39 is 5.60 Å². The lowest BCUT2D eigenvalue weighted by atomic mass is 9.96. The molecule has 0 saturated carbocycles. The van der Waals surface area contributed by atoms with Gasteiger partial charge >= 0.3 is 0 Å². The first-order valence-corrected chi connectivity index (χ1v) is 7.10. The molecule has 0 spiro atoms. The highest BCUT2D eigenvalue weighted by Gasteiger charge is 2.38. The van der Waals surface area contributed by atoms with Crippen LogP contribution >= 0.6 is 15.9 Å². The molecule has 2 unspecified atom stereocenters. The van der Waals surface area contributed by atoms with Gasteiger partial charge in [0.15, 0.2) is 0 Å². The highest BCUT2D eigenvalue weighted by molar-refractivity contribution is 9.10. The number of aliphatic hydroxyl groups is 1. The lowest BCUT2D eigenvalue weighted by molar-refractivity contribution is -0.0263. The highest BCUT2D eigenvalue weighted by atomic mass is 79.9. The molecule has 0 amide bonds. The van der Waals surface area contributed by atoms with Gasteiger partial charge in [0.05, 0.1) is 6.10 Å². The maximum atomic E-state index is 10.4. The summed E-state index contributed by atoms with van der Waals surface area (Å²) in [5.74, 6) is 0. The number of halogens is 1. The van der Waals surface area contributed by atoms with E-state index in [0.29, 0.717) is 19.6 Å². The number of hydrogen-bond donors (Lipinski definition) is 2. The summed E-state index contributed by atoms with van der Waals surface area (Å²) >= 11 is 3.56. The molecule has 2 rings (SSSR count). The van der Waals surface area contributed by atoms with Crippen molar-refractivity contribution in [2.75, 3.05) is 13.2 Å². The first-order valence-electron chi connectivity index (χ1n) is 6.31. The molecule has 0 bridgehead atoms. The molecule has 1 aliphatic heterocycles. The van der Waals surface area contributed by atoms with Gasteiger partial charge in [0.1, 0.15) is 5.60 Å². The third kappa shape index (κ3) is 3.12. The van der Waals surface area contributed by atoms with E-state index >= 15 is 0 Å². The van der Waals surface area contributed by atoms with E-state index in [4.69, 9.17) is 4.74 Å². The summed E-state index contributed by atoms with van der Waals surface area (Å²) in [6, 6.07) is 6.30. The van der Waals surface area contributed by atoms with Gasteiger partial charge in [0.25, 0.3) is 0 Å². The summed E-state index contributed by atoms with van der Waals surface area (Å²) in [5, 5.41) is 13.7. The Morgan fingerprint density at radius 3 is 2.94 bits per heavy atom. The van der Waals surface area contributed by atoms with Crippen LogP contribution in [-0.2, 0) is 11.3 Å². The number of nitrogens with one attached hydrogen (secondary N) is 1. The van der Waals surface area contributed by atoms with Crippen molar-refractivity contribution in [3.63, 3.8) is 0 Å². The fourth-order valence-corrected chi connectivity index (χ4v) is 2.85. The van der Waals surface area contributed by atoms with Gasteiger partial charge in [-0.15, -0.1) is 0 Å². The minimum Gasteiger partial charge on any atom is -0.386 e. The van der Waals surface area contributed by atoms with Gasteiger partial charge in [-0.05, 0) is 31.0 Å². The van der Waals surface area contributed by atoms with Crippen molar-refractivity contribution < 1.29 is 9.84 Å². The quantitative estimate of drug-likeness (QED) is 0.897. The van der Waals surface area contributed by atoms with Crippen molar-refractivity contribution in [3.8, 4) is 0 Å². The van der Waals surface area contributed by atoms with Crippen molar-refractivity contribution in [1.82, 2.24) is 5.32 Å². The number of aryl methyl sites for hydroxylation is 1. The molecule has 100 valence electrons. The van der Waals surface area contributed by atoms with Gasteiger partial charge in [-0.1, -0.05) is 28.1 Å². The second kappa shape index (κ2) is 5.70. The van der Waals surface area contributed by atoms with Gasteiger partial charge in [-0.3, -0.25) is 0 Å². The van der Waals surface area contributed by atoms with Crippen molar-refractivity contribution in [1.29, 1.82) is 0 Å². The molecule has 18 heavy (non-hydrogen) atoms. The van der Waals surface area contributed by atoms with E-state index in [1.807, 2.05) is 6.92 Å². The first-order chi connectivity index (χ1) is 8.51. The molecule has 4 heteroatoms. The maximum Gasteiger partial charge on any atom is 0.105 e. The molecule has 2 N–H and O–H groups in total. The number of rotatable bonds is 4. The van der Waals surface area contributed by atoms with E-state index in [0.717, 1.165) is 11.0 Å². The van der Waals surface area contributed by atoms with Crippen LogP contribution in [0, 0.1) is 6.92 Å². The van der Waals surface area contributed by atoms with E-state index in [1.165, 1.54) is 11.1 Å². The fourth-order valence-electron chi connectivity index (χ4n) is 2.21. The fraction of sp³-hybridized carbons (Fsp3) is 0.571. The van der Waals surface area contributed by atoms with Crippen molar-refractivity contribution >= 4 is 15.9 Å². The van der Waals surface area contributed by atoms with Crippen molar-refractivity contribution in [2.45, 2.75) is 38.5 Å². The van der Waals surface area contributed by atoms with Crippen LogP contribution in [0.4, 0.5) is 0 Å². The van der Waals surface area contributed by atoms with E-state index in [2.05, 4.69) is 46.4 Å². The molecule has 1 fully saturated rings. The zero-order valence-electron chi connectivity index (χ0n) is 10.9. The van der Waals surface area contributed by atoms with Gasteiger partial charge in [-0.2, -0.15) is 0 Å². The second-order valence-electron chi connectivity index (χ2n) is 5.07. The summed E-state index contributed by atoms with van der Waals surface area (Å²) in [6.45, 7) is 5.96. The smallest absolute Gasteiger partial charge is 0.105 e. The van der Waals surface area contributed by atoms with Crippen LogP contribution in [0.5, 0.6) is 0 Å². The summed E-state index contributed by atoms with van der Waals surface area (Å²) in [6.07, 6.45) is 0.613. The van der Waals surface area contributed by atoms with Crippen LogP contribution in [-0.4, -0.2) is 30.0 Å². The van der Waals surface area contributed by atoms with Crippen LogP contribution in [0.2, 0.25) is 0 Å². The van der Waals surface area contributed by atoms with Crippen LogP contribution in [0.3, 0.4) is 0 Å². The highest BCUT2D eigenvalue weighted by Crippen LogP contribution is 2.25. The summed E-state index contributed by atoms with van der Waals surface area (Å²) in [4.78, 5) is 0. The molecular formula is C14H20BrNO2. The minimum absolute atomic E-state index is 0.0912. The topological polar surface area (TPSA) is 41.5 Å². The van der Waals surface area contributed by atoms with Crippen LogP contribution in [0.15, 0.2) is 22.7 Å². The molecule has 1 aliphatic rings. The van der Waals surface area contributed by atoms with Crippen LogP contribution < -0.4 is 5.32 Å². The molecule has 1 heterocycles. The Hall–Kier alpha value is -0.420. The Morgan fingerprint density at radius 1 is 1.56 bits per heavy atom. The summed E-state index contributed by atoms with van der Waals surface area (Å²) in [5.41, 5.74) is 1.72. The standard InChI is InChI=1S/C14H20BrNO2/c1-10-3-4-12(13(15)7-10)8-16-9-14(17)5-6-18-11(14)2/h3-4,7,11,16-17H,5-6,8-9H2,1-2H3. The molecule has 0 aliphatic carbocycles. The normalized spacial score (nSPS) is 27.7. The van der Waals surface area contributed by atoms with Crippen LogP contribution in [0.25, 0.3) is 0 Å². The van der Waals surface area contributed by atoms with Gasteiger partial charge in [0.2, 0.25) is 0 Å². The van der Waals surface area contributed by atoms with E-state index in [1.54, 1.807) is 0 Å². The zero-order chi connectivity index (χ0) is 13.2. The lowest BCUT2D eigenvalue weighted by Crippen LogP contribution is -2.45. The maximum absolute atomic E-state index is 10.4. The Bertz CT molecular complexity index is 424. The molecular weight excluding hydrogens is 294 g/mol. The van der Waals surface area contributed by atoms with E-state index in [-0.39, 0.29) is 6.10 Å². The van der Waals surface area contributed by atoms with Gasteiger partial charge in [-0.25, -0.2) is 0 Å². The SMILES string of the molecule is Cc1ccc(CNCC2(O)CCOC2C)c(Br)c1. The number of ether oxygens (including phenoxy) is 1. The van der Waals surface area contributed by atoms with Crippen LogP contribution in [0.1, 0.15) is 24.5 Å². The van der Waals surface area contributed by atoms with E-state index in [9.17, 15) is 5.11 Å². The molecule has 0 aromatic heterocycles. The molecule has 1 saturated heterocycles. The van der Waals surface area contributed by atoms with Gasteiger partial charge in [0, 0.05) is 30.6 Å². The molecule has 2 atom stereocenters. The average Bonchev–Trinajstić information content (AvgIpc) is 2.63. The summed E-state index contributed by atoms with van der Waals surface area (Å²) < 4.78 is 6.52. The number of benzene rings is 1. The predicted molar refractivity (Wildman–Crippen MR) is 75.6 cm³/mol. The Morgan fingerprint density at radius 2 is 2.33 bits per heavy atom. The Kier molecular flexibility index (Phi) is 4.43. The third-order valence-electron chi connectivity index (χ3n) is 3.61. The lowest BCUT2D eigenvalue weighted by Gasteiger charge is -2.26. The first kappa shape index (κ1) is 14.0. The summed E-state index contributed by atoms with van der Waals surface area (Å²) in [7, 11) is 0. The predicted octanol–water partition coefficient (Wildman–Crippen LogP) is 2.39. The zero-order valence-corrected chi connectivity index (χ0v) is 12.5. The largest absolute Gasteiger partial charge is 0.386 e. The van der Waals surface area contributed by atoms with Crippen molar-refractivity contribution in [2.24, 2.45) is 0 Å². The molecule has 1 aromatic rings.